The van der Waals surface area contributed by atoms with Gasteiger partial charge in [-0.3, -0.25) is 14.4 Å². The van der Waals surface area contributed by atoms with Crippen LogP contribution in [0.3, 0.4) is 0 Å². The number of esters is 3. The fourth-order valence-electron chi connectivity index (χ4n) is 8.64. The van der Waals surface area contributed by atoms with Crippen molar-refractivity contribution < 1.29 is 28.6 Å². The molecule has 1 atom stereocenters. The van der Waals surface area contributed by atoms with Crippen molar-refractivity contribution in [2.75, 3.05) is 13.2 Å². The van der Waals surface area contributed by atoms with E-state index in [2.05, 4.69) is 179 Å². The summed E-state index contributed by atoms with van der Waals surface area (Å²) in [5.74, 6) is -0.985. The van der Waals surface area contributed by atoms with E-state index in [9.17, 15) is 14.4 Å². The summed E-state index contributed by atoms with van der Waals surface area (Å²) in [6, 6.07) is 0. The molecule has 0 aliphatic rings. The van der Waals surface area contributed by atoms with Crippen LogP contribution in [-0.2, 0) is 28.6 Å². The SMILES string of the molecule is CC/C=C\C/C=C\C/C=C\C/C=C\C/C=C\C/C=C\CCCCCCCCCCCCCCCCC(=O)OCC(COC(=O)CCCCCCC/C=C\C/C=C\CCC)OC(=O)CCC/C=C\C/C=C\C/C=C\C/C=C\C/C=C\CC. The average molecular weight is 1120 g/mol. The Labute approximate surface area is 499 Å². The minimum absolute atomic E-state index is 0.110. The van der Waals surface area contributed by atoms with Crippen molar-refractivity contribution in [1.82, 2.24) is 0 Å². The van der Waals surface area contributed by atoms with Gasteiger partial charge in [0.15, 0.2) is 6.10 Å². The number of unbranched alkanes of at least 4 members (excludes halogenated alkanes) is 21. The lowest BCUT2D eigenvalue weighted by Gasteiger charge is -2.18. The molecule has 0 aliphatic heterocycles. The first kappa shape index (κ1) is 76.0. The van der Waals surface area contributed by atoms with Gasteiger partial charge >= 0.3 is 17.9 Å². The Balaban J connectivity index is 4.29. The maximum absolute atomic E-state index is 12.9. The lowest BCUT2D eigenvalue weighted by Crippen LogP contribution is -2.30. The highest BCUT2D eigenvalue weighted by Gasteiger charge is 2.19. The van der Waals surface area contributed by atoms with Crippen LogP contribution in [0.4, 0.5) is 0 Å². The monoisotopic (exact) mass is 1120 g/mol. The fourth-order valence-corrected chi connectivity index (χ4v) is 8.64. The predicted octanol–water partition coefficient (Wildman–Crippen LogP) is 22.9. The highest BCUT2D eigenvalue weighted by molar-refractivity contribution is 5.71. The van der Waals surface area contributed by atoms with Gasteiger partial charge in [0.1, 0.15) is 13.2 Å². The first-order chi connectivity index (χ1) is 40.0. The Morgan fingerprint density at radius 3 is 0.790 bits per heavy atom. The zero-order chi connectivity index (χ0) is 58.5. The third-order valence-corrected chi connectivity index (χ3v) is 13.5. The second-order valence-corrected chi connectivity index (χ2v) is 21.3. The van der Waals surface area contributed by atoms with E-state index in [-0.39, 0.29) is 37.5 Å². The molecule has 1 unspecified atom stereocenters. The van der Waals surface area contributed by atoms with E-state index in [0.717, 1.165) is 148 Å². The van der Waals surface area contributed by atoms with E-state index in [1.807, 2.05) is 0 Å². The standard InChI is InChI=1S/C75H120O6/c1-4-7-10-13-16-19-22-25-27-29-30-31-32-33-34-35-36-37-38-39-40-41-42-43-44-46-47-50-53-56-59-62-65-68-74(77)80-71-72(70-79-73(76)67-64-61-58-55-52-49-24-21-18-15-12-9-6-3)81-75(78)69-66-63-60-57-54-51-48-45-28-26-23-20-17-14-11-8-5-2/h7-8,10-12,15-17,19-21,24-28,30-31,33-34,36-37,48,51,57,60,72H,4-6,9,13-14,18,22-23,29,32,35,38-47,49-50,52-56,58-59,61-71H2,1-3H3/b10-7-,11-8-,15-12-,19-16-,20-17-,24-21-,27-25-,28-26-,31-30-,34-33-,37-36-,51-48-,60-57-. The number of allylic oxidation sites excluding steroid dienone is 26. The maximum atomic E-state index is 12.9. The fraction of sp³-hybridized carbons (Fsp3) is 0.613. The van der Waals surface area contributed by atoms with Crippen molar-refractivity contribution in [1.29, 1.82) is 0 Å². The van der Waals surface area contributed by atoms with E-state index < -0.39 is 6.10 Å². The molecule has 0 aromatic rings. The van der Waals surface area contributed by atoms with Crippen LogP contribution in [0.15, 0.2) is 158 Å². The third kappa shape index (κ3) is 65.7. The van der Waals surface area contributed by atoms with Crippen LogP contribution in [0, 0.1) is 0 Å². The second kappa shape index (κ2) is 67.5. The Bertz CT molecular complexity index is 1810. The molecule has 0 aliphatic carbocycles. The molecule has 0 amide bonds. The quantitative estimate of drug-likeness (QED) is 0.0261. The van der Waals surface area contributed by atoms with Crippen molar-refractivity contribution >= 4 is 17.9 Å². The molecular formula is C75H120O6. The molecule has 0 fully saturated rings. The van der Waals surface area contributed by atoms with Gasteiger partial charge in [-0.05, 0) is 135 Å². The molecule has 0 saturated heterocycles. The zero-order valence-electron chi connectivity index (χ0n) is 52.2. The Morgan fingerprint density at radius 1 is 0.259 bits per heavy atom. The number of carbonyl (C=O) groups is 3. The van der Waals surface area contributed by atoms with Gasteiger partial charge in [0, 0.05) is 19.3 Å². The first-order valence-electron chi connectivity index (χ1n) is 33.0. The van der Waals surface area contributed by atoms with Gasteiger partial charge in [-0.25, -0.2) is 0 Å². The van der Waals surface area contributed by atoms with Crippen LogP contribution >= 0.6 is 0 Å². The van der Waals surface area contributed by atoms with Gasteiger partial charge in [-0.15, -0.1) is 0 Å². The van der Waals surface area contributed by atoms with Crippen LogP contribution in [-0.4, -0.2) is 37.2 Å². The molecule has 0 saturated carbocycles. The molecule has 0 aromatic carbocycles. The largest absolute Gasteiger partial charge is 0.462 e. The van der Waals surface area contributed by atoms with Crippen molar-refractivity contribution in [2.24, 2.45) is 0 Å². The van der Waals surface area contributed by atoms with Gasteiger partial charge < -0.3 is 14.2 Å². The lowest BCUT2D eigenvalue weighted by molar-refractivity contribution is -0.167. The molecule has 456 valence electrons. The van der Waals surface area contributed by atoms with Gasteiger partial charge in [-0.1, -0.05) is 281 Å². The van der Waals surface area contributed by atoms with E-state index in [4.69, 9.17) is 14.2 Å². The van der Waals surface area contributed by atoms with Crippen LogP contribution in [0.25, 0.3) is 0 Å². The summed E-state index contributed by atoms with van der Waals surface area (Å²) in [5.41, 5.74) is 0. The summed E-state index contributed by atoms with van der Waals surface area (Å²) in [6.07, 6.45) is 98.4. The number of hydrogen-bond acceptors (Lipinski definition) is 6. The van der Waals surface area contributed by atoms with Crippen molar-refractivity contribution in [3.05, 3.63) is 158 Å². The lowest BCUT2D eigenvalue weighted by atomic mass is 10.0. The van der Waals surface area contributed by atoms with Crippen molar-refractivity contribution in [2.45, 2.75) is 284 Å². The predicted molar refractivity (Wildman–Crippen MR) is 352 cm³/mol. The molecule has 0 bridgehead atoms. The highest BCUT2D eigenvalue weighted by atomic mass is 16.6. The minimum Gasteiger partial charge on any atom is -0.462 e. The van der Waals surface area contributed by atoms with Crippen molar-refractivity contribution in [3.63, 3.8) is 0 Å². The summed E-state index contributed by atoms with van der Waals surface area (Å²) in [6.45, 7) is 6.29. The van der Waals surface area contributed by atoms with Gasteiger partial charge in [0.25, 0.3) is 0 Å². The summed E-state index contributed by atoms with van der Waals surface area (Å²) < 4.78 is 16.8. The van der Waals surface area contributed by atoms with E-state index in [0.29, 0.717) is 19.3 Å². The molecule has 81 heavy (non-hydrogen) atoms. The Morgan fingerprint density at radius 2 is 0.494 bits per heavy atom. The summed E-state index contributed by atoms with van der Waals surface area (Å²) in [7, 11) is 0. The minimum atomic E-state index is -0.820. The summed E-state index contributed by atoms with van der Waals surface area (Å²) in [5, 5.41) is 0. The molecule has 6 heteroatoms. The number of carbonyl (C=O) groups excluding carboxylic acids is 3. The molecular weight excluding hydrogens is 997 g/mol. The molecule has 0 spiro atoms. The van der Waals surface area contributed by atoms with Gasteiger partial charge in [0.2, 0.25) is 0 Å². The van der Waals surface area contributed by atoms with Crippen molar-refractivity contribution in [3.8, 4) is 0 Å². The smallest absolute Gasteiger partial charge is 0.306 e. The first-order valence-corrected chi connectivity index (χ1v) is 33.0. The second-order valence-electron chi connectivity index (χ2n) is 21.3. The Kier molecular flexibility index (Phi) is 63.4. The van der Waals surface area contributed by atoms with E-state index in [1.165, 1.54) is 83.5 Å². The van der Waals surface area contributed by atoms with Crippen LogP contribution in [0.2, 0.25) is 0 Å². The molecule has 0 radical (unpaired) electrons. The third-order valence-electron chi connectivity index (χ3n) is 13.5. The van der Waals surface area contributed by atoms with Gasteiger partial charge in [0.05, 0.1) is 0 Å². The normalized spacial score (nSPS) is 13.2. The van der Waals surface area contributed by atoms with Crippen LogP contribution in [0.5, 0.6) is 0 Å². The Hall–Kier alpha value is -4.97. The molecule has 0 N–H and O–H groups in total. The highest BCUT2D eigenvalue weighted by Crippen LogP contribution is 2.15. The van der Waals surface area contributed by atoms with E-state index >= 15 is 0 Å². The molecule has 0 aromatic heterocycles. The van der Waals surface area contributed by atoms with Gasteiger partial charge in [-0.2, -0.15) is 0 Å². The van der Waals surface area contributed by atoms with Crippen LogP contribution in [0.1, 0.15) is 278 Å². The van der Waals surface area contributed by atoms with Crippen LogP contribution < -0.4 is 0 Å². The zero-order valence-corrected chi connectivity index (χ0v) is 52.2. The molecule has 0 rings (SSSR count). The molecule has 6 nitrogen and oxygen atoms in total. The van der Waals surface area contributed by atoms with E-state index in [1.54, 1.807) is 0 Å². The number of ether oxygens (including phenoxy) is 3. The summed E-state index contributed by atoms with van der Waals surface area (Å²) in [4.78, 5) is 38.3. The number of hydrogen-bond donors (Lipinski definition) is 0. The average Bonchev–Trinajstić information content (AvgIpc) is 3.46. The topological polar surface area (TPSA) is 78.9 Å². The number of rotatable bonds is 58. The summed E-state index contributed by atoms with van der Waals surface area (Å²) >= 11 is 0. The molecule has 0 heterocycles. The maximum Gasteiger partial charge on any atom is 0.306 e.